The Morgan fingerprint density at radius 1 is 0.721 bits per heavy atom. The van der Waals surface area contributed by atoms with Crippen molar-refractivity contribution in [1.82, 2.24) is 9.80 Å². The summed E-state index contributed by atoms with van der Waals surface area (Å²) >= 11 is 0. The molecule has 1 aromatic rings. The minimum atomic E-state index is -2.27. The first-order valence-corrected chi connectivity index (χ1v) is 30.1. The lowest BCUT2D eigenvalue weighted by Gasteiger charge is -2.47. The molecule has 0 aliphatic carbocycles. The number of cyclic esters (lactones) is 1. The molecule has 0 aromatic heterocycles. The fourth-order valence-electron chi connectivity index (χ4n) is 11.3. The number of nitrogens with one attached hydrogen (secondary N) is 1. The molecule has 4 aliphatic rings. The third-order valence-corrected chi connectivity index (χ3v) is 16.2. The van der Waals surface area contributed by atoms with Gasteiger partial charge in [-0.05, 0) is 76.3 Å². The zero-order valence-electron chi connectivity index (χ0n) is 50.3. The highest BCUT2D eigenvalue weighted by molar-refractivity contribution is 5.96. The molecule has 2 bridgehead atoms. The SMILES string of the molecule is CNc1ccc(C(=O)CC(O)CCC(C)C2OC(=O)CC(O)CC(=O)CC(O)CC(O)CC(O)CC(O)CC3(O)CC(O)C(C(=O)N4CCN(C)CC4)C(CC(O[C@@H]4O[C@H](C)[C@@H](O)[C@H](N)[C@@H]4O)/C=C/C=C/C=C/C=C/C=C/C=C/C=C\C2C)O3)cc1. The molecule has 480 valence electrons. The largest absolute Gasteiger partial charge is 0.461 e. The Hall–Kier alpha value is -5.12. The Morgan fingerprint density at radius 2 is 1.28 bits per heavy atom. The van der Waals surface area contributed by atoms with E-state index in [-0.39, 0.29) is 49.7 Å². The standard InChI is InChI=1S/C64H96N4O18/c1-40-18-16-14-12-10-8-6-7-9-11-13-15-17-19-52(84-63-60(80)58(65)59(79)42(3)83-63)37-55-57(62(81)68-28-26-67(5)27-29-68)54(77)39-64(82,86-55)38-51(75)34-49(73)32-47(71)30-46(70)31-48(72)33-50(74)36-56(78)85-61(40)41(2)20-25-45(69)35-53(76)43-21-23-44(66-4)24-22-43/h6-19,21-24,40-42,45-47,49-52,54-55,57-61,63,66,69-71,73-75,77,79-80,82H,20,25-39,65H2,1-5H3/b7-6+,10-8+,11-9+,14-12+,15-13+,18-16-,19-17+/t40?,41?,42-,45?,46?,47?,49?,50?,51?,52?,54?,55?,57?,58+,59-,60+,61?,63+,64?/m1/s1. The number of allylic oxidation sites excluding steroid dienone is 12. The van der Waals surface area contributed by atoms with Crippen molar-refractivity contribution >= 4 is 29.1 Å². The number of nitrogens with zero attached hydrogens (tertiary/aromatic N) is 2. The maximum atomic E-state index is 14.4. The van der Waals surface area contributed by atoms with Crippen molar-refractivity contribution in [3.8, 4) is 0 Å². The predicted octanol–water partition coefficient (Wildman–Crippen LogP) is 2.44. The molecule has 4 aliphatic heterocycles. The van der Waals surface area contributed by atoms with Crippen molar-refractivity contribution in [2.45, 2.75) is 195 Å². The van der Waals surface area contributed by atoms with Gasteiger partial charge in [-0.1, -0.05) is 98.9 Å². The lowest BCUT2D eigenvalue weighted by atomic mass is 9.81. The van der Waals surface area contributed by atoms with Gasteiger partial charge in [-0.2, -0.15) is 0 Å². The first-order chi connectivity index (χ1) is 40.8. The van der Waals surface area contributed by atoms with E-state index in [4.69, 9.17) is 24.7 Å². The number of nitrogens with two attached hydrogens (primary N) is 1. The van der Waals surface area contributed by atoms with E-state index in [9.17, 15) is 70.2 Å². The molecule has 0 spiro atoms. The van der Waals surface area contributed by atoms with Crippen molar-refractivity contribution in [2.24, 2.45) is 23.5 Å². The van der Waals surface area contributed by atoms with Gasteiger partial charge in [0.1, 0.15) is 18.0 Å². The fraction of sp³-hybridized carbons (Fsp3) is 0.625. The second-order valence-corrected chi connectivity index (χ2v) is 23.7. The summed E-state index contributed by atoms with van der Waals surface area (Å²) in [6.07, 6.45) is 3.69. The molecule has 0 saturated carbocycles. The van der Waals surface area contributed by atoms with E-state index in [1.165, 1.54) is 0 Å². The highest BCUT2D eigenvalue weighted by Crippen LogP contribution is 2.39. The van der Waals surface area contributed by atoms with Crippen LogP contribution in [0.25, 0.3) is 0 Å². The normalized spacial score (nSPS) is 37.6. The van der Waals surface area contributed by atoms with Crippen LogP contribution in [-0.2, 0) is 33.3 Å². The number of carbonyl (C=O) groups is 4. The van der Waals surface area contributed by atoms with Crippen LogP contribution in [0.3, 0.4) is 0 Å². The average molecular weight is 1210 g/mol. The maximum Gasteiger partial charge on any atom is 0.308 e. The number of hydrogen-bond acceptors (Lipinski definition) is 21. The van der Waals surface area contributed by atoms with Gasteiger partial charge in [0, 0.05) is 88.9 Å². The minimum absolute atomic E-state index is 0.101. The van der Waals surface area contributed by atoms with Gasteiger partial charge >= 0.3 is 5.97 Å². The topological polar surface area (TPSA) is 352 Å². The van der Waals surface area contributed by atoms with Crippen LogP contribution >= 0.6 is 0 Å². The van der Waals surface area contributed by atoms with Crippen molar-refractivity contribution in [2.75, 3.05) is 45.6 Å². The molecule has 3 saturated heterocycles. The lowest BCUT2D eigenvalue weighted by Crippen LogP contribution is -2.62. The number of fused-ring (bicyclic) bond motifs is 2. The number of piperazine rings is 1. The van der Waals surface area contributed by atoms with Crippen LogP contribution in [0.1, 0.15) is 108 Å². The number of aliphatic hydroxyl groups is 10. The minimum Gasteiger partial charge on any atom is -0.461 e. The van der Waals surface area contributed by atoms with Gasteiger partial charge in [0.05, 0.1) is 85.5 Å². The number of carbonyl (C=O) groups excluding carboxylic acids is 4. The molecule has 3 fully saturated rings. The Labute approximate surface area is 505 Å². The van der Waals surface area contributed by atoms with Gasteiger partial charge in [0.2, 0.25) is 5.91 Å². The molecule has 13 N–H and O–H groups in total. The zero-order chi connectivity index (χ0) is 63.1. The highest BCUT2D eigenvalue weighted by Gasteiger charge is 2.52. The van der Waals surface area contributed by atoms with Crippen LogP contribution in [0.2, 0.25) is 0 Å². The van der Waals surface area contributed by atoms with Gasteiger partial charge < -0.3 is 90.9 Å². The van der Waals surface area contributed by atoms with Gasteiger partial charge in [0.25, 0.3) is 0 Å². The van der Waals surface area contributed by atoms with Crippen LogP contribution in [0.15, 0.2) is 109 Å². The summed E-state index contributed by atoms with van der Waals surface area (Å²) in [4.78, 5) is 57.4. The molecule has 22 nitrogen and oxygen atoms in total. The van der Waals surface area contributed by atoms with Crippen LogP contribution in [-0.4, -0.2) is 222 Å². The predicted molar refractivity (Wildman–Crippen MR) is 322 cm³/mol. The summed E-state index contributed by atoms with van der Waals surface area (Å²) < 4.78 is 24.5. The van der Waals surface area contributed by atoms with Crippen LogP contribution in [0.5, 0.6) is 0 Å². The second-order valence-electron chi connectivity index (χ2n) is 23.7. The second kappa shape index (κ2) is 35.8. The molecule has 1 amide bonds. The van der Waals surface area contributed by atoms with Crippen molar-refractivity contribution in [3.05, 3.63) is 115 Å². The number of amides is 1. The molecule has 14 unspecified atom stereocenters. The van der Waals surface area contributed by atoms with Crippen molar-refractivity contribution < 1.29 is 89.2 Å². The van der Waals surface area contributed by atoms with E-state index in [1.54, 1.807) is 104 Å². The van der Waals surface area contributed by atoms with Gasteiger partial charge in [0.15, 0.2) is 17.9 Å². The summed E-state index contributed by atoms with van der Waals surface area (Å²) in [5, 5.41) is 114. The van der Waals surface area contributed by atoms with Crippen LogP contribution < -0.4 is 11.1 Å². The van der Waals surface area contributed by atoms with Gasteiger partial charge in [-0.25, -0.2) is 0 Å². The number of rotatable bonds is 11. The number of ether oxygens (including phenoxy) is 4. The van der Waals surface area contributed by atoms with E-state index in [0.717, 1.165) is 5.69 Å². The summed E-state index contributed by atoms with van der Waals surface area (Å²) in [6.45, 7) is 7.16. The van der Waals surface area contributed by atoms with Crippen molar-refractivity contribution in [3.63, 3.8) is 0 Å². The number of anilines is 1. The number of ketones is 2. The quantitative estimate of drug-likeness (QED) is 0.112. The van der Waals surface area contributed by atoms with E-state index in [2.05, 4.69) is 10.2 Å². The molecule has 0 radical (unpaired) electrons. The third kappa shape index (κ3) is 23.8. The van der Waals surface area contributed by atoms with E-state index in [1.807, 2.05) is 45.2 Å². The number of aliphatic hydroxyl groups excluding tert-OH is 9. The number of hydrogen-bond donors (Lipinski definition) is 12. The summed E-state index contributed by atoms with van der Waals surface area (Å²) in [5.41, 5.74) is 7.47. The Bertz CT molecular complexity index is 2480. The van der Waals surface area contributed by atoms with Gasteiger partial charge in [-0.3, -0.25) is 19.2 Å². The molecular formula is C64H96N4O18. The number of esters is 1. The van der Waals surface area contributed by atoms with Gasteiger partial charge in [-0.15, -0.1) is 0 Å². The van der Waals surface area contributed by atoms with Crippen LogP contribution in [0.4, 0.5) is 5.69 Å². The fourth-order valence-corrected chi connectivity index (χ4v) is 11.3. The number of likely N-dealkylation sites (N-methyl/N-ethyl adjacent to an activating group) is 1. The summed E-state index contributed by atoms with van der Waals surface area (Å²) in [5.74, 6) is -6.22. The Balaban J connectivity index is 1.36. The lowest BCUT2D eigenvalue weighted by molar-refractivity contribution is -0.308. The average Bonchev–Trinajstić information content (AvgIpc) is 1.58. The third-order valence-electron chi connectivity index (χ3n) is 16.2. The Kier molecular flexibility index (Phi) is 29.8. The summed E-state index contributed by atoms with van der Waals surface area (Å²) in [7, 11) is 3.69. The molecule has 4 heterocycles. The number of Topliss-reactive ketones (excluding diaryl/α,β-unsaturated/α-hetero) is 2. The molecule has 5 rings (SSSR count). The van der Waals surface area contributed by atoms with Crippen molar-refractivity contribution in [1.29, 1.82) is 0 Å². The zero-order valence-corrected chi connectivity index (χ0v) is 50.3. The molecule has 1 aromatic carbocycles. The first kappa shape index (κ1) is 71.6. The summed E-state index contributed by atoms with van der Waals surface area (Å²) in [6, 6.07) is 5.79. The van der Waals surface area contributed by atoms with E-state index in [0.29, 0.717) is 38.2 Å². The molecular weight excluding hydrogens is 1110 g/mol. The Morgan fingerprint density at radius 3 is 1.88 bits per heavy atom. The van der Waals surface area contributed by atoms with Crippen LogP contribution in [0, 0.1) is 17.8 Å². The molecule has 86 heavy (non-hydrogen) atoms. The number of benzene rings is 1. The maximum absolute atomic E-state index is 14.4. The molecule has 22 heteroatoms. The smallest absolute Gasteiger partial charge is 0.308 e. The first-order valence-electron chi connectivity index (χ1n) is 30.1. The van der Waals surface area contributed by atoms with E-state index >= 15 is 0 Å². The molecule has 19 atom stereocenters. The highest BCUT2D eigenvalue weighted by atomic mass is 16.7. The monoisotopic (exact) mass is 1210 g/mol. The van der Waals surface area contributed by atoms with E-state index < -0.39 is 160 Å².